The number of unbranched alkanes of at least 4 members (excludes halogenated alkanes) is 5. The second kappa shape index (κ2) is 11.5. The highest BCUT2D eigenvalue weighted by molar-refractivity contribution is 6.04. The fraction of sp³-hybridized carbons (Fsp3) is 0.556. The molecular formula is C27H39N3O3. The van der Waals surface area contributed by atoms with Gasteiger partial charge < -0.3 is 9.84 Å². The molecule has 0 fully saturated rings. The molecule has 1 unspecified atom stereocenters. The molecule has 1 aromatic rings. The lowest BCUT2D eigenvalue weighted by molar-refractivity contribution is -0.143. The van der Waals surface area contributed by atoms with Crippen LogP contribution in [0.1, 0.15) is 83.8 Å². The van der Waals surface area contributed by atoms with Gasteiger partial charge in [-0.15, -0.1) is 0 Å². The van der Waals surface area contributed by atoms with Crippen molar-refractivity contribution < 1.29 is 14.6 Å². The molecule has 1 heterocycles. The third-order valence-electron chi connectivity index (χ3n) is 6.04. The minimum atomic E-state index is -0.257. The van der Waals surface area contributed by atoms with Crippen LogP contribution in [0.15, 0.2) is 41.5 Å². The number of anilines is 1. The average molecular weight is 454 g/mol. The second-order valence-corrected chi connectivity index (χ2v) is 9.94. The van der Waals surface area contributed by atoms with E-state index < -0.39 is 0 Å². The Balaban J connectivity index is 1.63. The topological polar surface area (TPSA) is 74.2 Å². The van der Waals surface area contributed by atoms with Crippen LogP contribution in [0.3, 0.4) is 0 Å². The Hall–Kier alpha value is -2.60. The number of phenolic OH excluding ortho intramolecular Hbond substituents is 1. The number of fused-ring (bicyclic) bond motifs is 1. The van der Waals surface area contributed by atoms with Crippen molar-refractivity contribution in [1.82, 2.24) is 5.43 Å². The van der Waals surface area contributed by atoms with E-state index in [0.29, 0.717) is 25.1 Å². The molecule has 2 N–H and O–H groups in total. The summed E-state index contributed by atoms with van der Waals surface area (Å²) in [6.07, 6.45) is 15.8. The third kappa shape index (κ3) is 6.94. The van der Waals surface area contributed by atoms with Crippen molar-refractivity contribution in [3.05, 3.63) is 47.6 Å². The molecule has 0 saturated heterocycles. The number of carbonyl (C=O) groups excluding carboxylic acids is 1. The Morgan fingerprint density at radius 2 is 1.91 bits per heavy atom. The van der Waals surface area contributed by atoms with Crippen LogP contribution in [0.4, 0.5) is 5.69 Å². The summed E-state index contributed by atoms with van der Waals surface area (Å²) in [6, 6.07) is 3.90. The molecule has 1 aliphatic carbocycles. The molecule has 2 aliphatic rings. The summed E-state index contributed by atoms with van der Waals surface area (Å²) in [6.45, 7) is 8.91. The molecule has 1 aromatic carbocycles. The van der Waals surface area contributed by atoms with E-state index in [9.17, 15) is 9.90 Å². The van der Waals surface area contributed by atoms with E-state index in [2.05, 4.69) is 38.2 Å². The van der Waals surface area contributed by atoms with Gasteiger partial charge in [-0.2, -0.15) is 15.6 Å². The number of hydrogen-bond donors (Lipinski definition) is 2. The van der Waals surface area contributed by atoms with E-state index in [1.807, 2.05) is 36.4 Å². The zero-order valence-corrected chi connectivity index (χ0v) is 20.6. The summed E-state index contributed by atoms with van der Waals surface area (Å²) in [5, 5.41) is 17.3. The number of benzene rings is 1. The lowest BCUT2D eigenvalue weighted by Gasteiger charge is -2.26. The standard InChI is InChI=1S/C27H39N3O3/c1-5-6-7-8-9-12-17-33-25(31)16-15-20-18-21(27(2,3)4)26(32)24(19-20)30-28-22-13-10-11-14-23(22)29-30/h10-11,13-14,18-19,22,28,32H,5-9,12,15-17H2,1-4H3. The Morgan fingerprint density at radius 3 is 2.64 bits per heavy atom. The van der Waals surface area contributed by atoms with E-state index in [4.69, 9.17) is 4.74 Å². The van der Waals surface area contributed by atoms with Crippen molar-refractivity contribution in [2.24, 2.45) is 5.10 Å². The van der Waals surface area contributed by atoms with Crippen LogP contribution in [0.5, 0.6) is 5.75 Å². The quantitative estimate of drug-likeness (QED) is 0.332. The molecule has 0 aromatic heterocycles. The maximum Gasteiger partial charge on any atom is 0.306 e. The van der Waals surface area contributed by atoms with Gasteiger partial charge in [0, 0.05) is 12.0 Å². The first-order chi connectivity index (χ1) is 15.8. The van der Waals surface area contributed by atoms with Crippen LogP contribution in [-0.2, 0) is 21.4 Å². The number of hydrogen-bond acceptors (Lipinski definition) is 6. The molecule has 0 amide bonds. The summed E-state index contributed by atoms with van der Waals surface area (Å²) in [7, 11) is 0. The first-order valence-electron chi connectivity index (χ1n) is 12.3. The number of aromatic hydroxyl groups is 1. The number of carbonyl (C=O) groups is 1. The summed E-state index contributed by atoms with van der Waals surface area (Å²) >= 11 is 0. The Bertz CT molecular complexity index is 912. The zero-order valence-electron chi connectivity index (χ0n) is 20.6. The minimum Gasteiger partial charge on any atom is -0.505 e. The molecule has 1 atom stereocenters. The molecule has 3 rings (SSSR count). The van der Waals surface area contributed by atoms with Crippen molar-refractivity contribution >= 4 is 17.4 Å². The smallest absolute Gasteiger partial charge is 0.306 e. The summed E-state index contributed by atoms with van der Waals surface area (Å²) < 4.78 is 5.44. The number of nitrogens with one attached hydrogen (secondary N) is 1. The van der Waals surface area contributed by atoms with Gasteiger partial charge in [0.05, 0.1) is 18.4 Å². The first kappa shape index (κ1) is 25.0. The number of ether oxygens (including phenoxy) is 1. The highest BCUT2D eigenvalue weighted by Gasteiger charge is 2.29. The maximum absolute atomic E-state index is 12.3. The average Bonchev–Trinajstić information content (AvgIpc) is 3.21. The molecule has 0 spiro atoms. The van der Waals surface area contributed by atoms with Gasteiger partial charge >= 0.3 is 5.97 Å². The number of esters is 1. The normalized spacial score (nSPS) is 17.3. The van der Waals surface area contributed by atoms with Crippen molar-refractivity contribution in [2.75, 3.05) is 11.7 Å². The van der Waals surface area contributed by atoms with Gasteiger partial charge in [-0.3, -0.25) is 4.79 Å². The number of aryl methyl sites for hydroxylation is 1. The van der Waals surface area contributed by atoms with Gasteiger partial charge in [-0.1, -0.05) is 84.1 Å². The van der Waals surface area contributed by atoms with Crippen LogP contribution in [0.25, 0.3) is 0 Å². The second-order valence-electron chi connectivity index (χ2n) is 9.94. The monoisotopic (exact) mass is 453 g/mol. The van der Waals surface area contributed by atoms with Crippen molar-refractivity contribution in [3.8, 4) is 5.75 Å². The highest BCUT2D eigenvalue weighted by atomic mass is 16.5. The molecule has 0 bridgehead atoms. The molecule has 33 heavy (non-hydrogen) atoms. The highest BCUT2D eigenvalue weighted by Crippen LogP contribution is 2.40. The summed E-state index contributed by atoms with van der Waals surface area (Å²) in [5.41, 5.74) is 6.37. The zero-order chi connectivity index (χ0) is 23.8. The lowest BCUT2D eigenvalue weighted by Crippen LogP contribution is -2.37. The first-order valence-corrected chi connectivity index (χ1v) is 12.3. The molecule has 0 saturated carbocycles. The SMILES string of the molecule is CCCCCCCCOC(=O)CCc1cc(N2N=C3C=CC=CC3N2)c(O)c(C(C)(C)C)c1. The van der Waals surface area contributed by atoms with Crippen LogP contribution >= 0.6 is 0 Å². The lowest BCUT2D eigenvalue weighted by atomic mass is 9.84. The molecule has 180 valence electrons. The molecule has 0 radical (unpaired) electrons. The van der Waals surface area contributed by atoms with Crippen LogP contribution in [-0.4, -0.2) is 29.4 Å². The Labute approximate surface area is 198 Å². The number of hydrazone groups is 1. The van der Waals surface area contributed by atoms with E-state index >= 15 is 0 Å². The Kier molecular flexibility index (Phi) is 8.73. The van der Waals surface area contributed by atoms with Crippen molar-refractivity contribution in [2.45, 2.75) is 90.5 Å². The number of rotatable bonds is 11. The predicted octanol–water partition coefficient (Wildman–Crippen LogP) is 5.70. The van der Waals surface area contributed by atoms with Crippen molar-refractivity contribution in [1.29, 1.82) is 0 Å². The number of phenols is 1. The van der Waals surface area contributed by atoms with E-state index in [-0.39, 0.29) is 23.2 Å². The predicted molar refractivity (Wildman–Crippen MR) is 135 cm³/mol. The van der Waals surface area contributed by atoms with Crippen LogP contribution < -0.4 is 10.5 Å². The van der Waals surface area contributed by atoms with Gasteiger partial charge in [0.25, 0.3) is 0 Å². The third-order valence-corrected chi connectivity index (χ3v) is 6.04. The van der Waals surface area contributed by atoms with E-state index in [1.165, 1.54) is 25.7 Å². The maximum atomic E-state index is 12.3. The fourth-order valence-electron chi connectivity index (χ4n) is 4.08. The van der Waals surface area contributed by atoms with Crippen LogP contribution in [0.2, 0.25) is 0 Å². The van der Waals surface area contributed by atoms with Gasteiger partial charge in [0.1, 0.15) is 11.4 Å². The Morgan fingerprint density at radius 1 is 1.15 bits per heavy atom. The summed E-state index contributed by atoms with van der Waals surface area (Å²) in [4.78, 5) is 12.3. The van der Waals surface area contributed by atoms with Crippen LogP contribution in [0, 0.1) is 0 Å². The molecule has 1 aliphatic heterocycles. The molecule has 6 nitrogen and oxygen atoms in total. The largest absolute Gasteiger partial charge is 0.505 e. The molecular weight excluding hydrogens is 414 g/mol. The van der Waals surface area contributed by atoms with Crippen molar-refractivity contribution in [3.63, 3.8) is 0 Å². The van der Waals surface area contributed by atoms with E-state index in [1.54, 1.807) is 5.12 Å². The minimum absolute atomic E-state index is 0.00640. The summed E-state index contributed by atoms with van der Waals surface area (Å²) in [5.74, 6) is 0.0386. The molecule has 6 heteroatoms. The number of allylic oxidation sites excluding steroid dienone is 2. The number of nitrogens with zero attached hydrogens (tertiary/aromatic N) is 2. The van der Waals surface area contributed by atoms with E-state index in [0.717, 1.165) is 29.7 Å². The fourth-order valence-corrected chi connectivity index (χ4v) is 4.08. The van der Waals surface area contributed by atoms with Gasteiger partial charge in [-0.25, -0.2) is 0 Å². The number of hydrazine groups is 1. The van der Waals surface area contributed by atoms with Gasteiger partial charge in [0.15, 0.2) is 0 Å². The van der Waals surface area contributed by atoms with Gasteiger partial charge in [-0.05, 0) is 36.0 Å². The van der Waals surface area contributed by atoms with Gasteiger partial charge in [0.2, 0.25) is 0 Å².